The Labute approximate surface area is 151 Å². The zero-order valence-corrected chi connectivity index (χ0v) is 15.3. The molecule has 1 unspecified atom stereocenters. The van der Waals surface area contributed by atoms with Crippen molar-refractivity contribution in [2.24, 2.45) is 0 Å². The van der Waals surface area contributed by atoms with Gasteiger partial charge in [0.1, 0.15) is 16.4 Å². The van der Waals surface area contributed by atoms with E-state index < -0.39 is 10.6 Å². The fourth-order valence-corrected chi connectivity index (χ4v) is 3.42. The molecule has 0 radical (unpaired) electrons. The van der Waals surface area contributed by atoms with Crippen LogP contribution in [0, 0.1) is 12.7 Å². The van der Waals surface area contributed by atoms with Gasteiger partial charge in [0.2, 0.25) is 0 Å². The number of carbonyl (C=O) groups is 1. The lowest BCUT2D eigenvalue weighted by atomic mass is 10.0. The average molecular weight is 411 g/mol. The molecule has 0 bridgehead atoms. The molecule has 0 amide bonds. The summed E-state index contributed by atoms with van der Waals surface area (Å²) in [4.78, 5) is 15.3. The van der Waals surface area contributed by atoms with E-state index in [1.54, 1.807) is 12.3 Å². The number of hydrogen-bond acceptors (Lipinski definition) is 2. The van der Waals surface area contributed by atoms with Gasteiger partial charge in [0.25, 0.3) is 0 Å². The van der Waals surface area contributed by atoms with Crippen LogP contribution in [0.5, 0.6) is 5.75 Å². The largest absolute Gasteiger partial charge is 0.496 e. The van der Waals surface area contributed by atoms with E-state index in [9.17, 15) is 9.18 Å². The number of benzene rings is 2. The molecule has 1 N–H and O–H groups in total. The molecule has 0 aliphatic rings. The van der Waals surface area contributed by atoms with Crippen LogP contribution >= 0.6 is 27.5 Å². The number of aryl methyl sites for hydroxylation is 1. The molecule has 1 aromatic heterocycles. The fraction of sp³-hybridized carbons (Fsp3) is 0.167. The monoisotopic (exact) mass is 409 g/mol. The number of ketones is 1. The maximum atomic E-state index is 13.4. The van der Waals surface area contributed by atoms with Gasteiger partial charge in [-0.1, -0.05) is 33.6 Å². The van der Waals surface area contributed by atoms with Crippen LogP contribution in [0.15, 0.2) is 36.5 Å². The van der Waals surface area contributed by atoms with Gasteiger partial charge in [-0.2, -0.15) is 0 Å². The highest BCUT2D eigenvalue weighted by Gasteiger charge is 2.25. The first kappa shape index (κ1) is 17.0. The van der Waals surface area contributed by atoms with Crippen molar-refractivity contribution in [3.8, 4) is 5.75 Å². The van der Waals surface area contributed by atoms with Crippen LogP contribution in [0.3, 0.4) is 0 Å². The van der Waals surface area contributed by atoms with Crippen molar-refractivity contribution in [2.75, 3.05) is 7.11 Å². The van der Waals surface area contributed by atoms with Gasteiger partial charge in [0, 0.05) is 39.3 Å². The highest BCUT2D eigenvalue weighted by molar-refractivity contribution is 9.09. The van der Waals surface area contributed by atoms with Crippen LogP contribution in [0.1, 0.15) is 26.3 Å². The molecule has 24 heavy (non-hydrogen) atoms. The number of H-pyrrole nitrogens is 1. The molecule has 6 heteroatoms. The topological polar surface area (TPSA) is 42.1 Å². The van der Waals surface area contributed by atoms with Crippen LogP contribution in [-0.2, 0) is 0 Å². The molecule has 0 aliphatic heterocycles. The van der Waals surface area contributed by atoms with Crippen LogP contribution in [0.4, 0.5) is 4.39 Å². The van der Waals surface area contributed by atoms with E-state index in [4.69, 9.17) is 16.3 Å². The summed E-state index contributed by atoms with van der Waals surface area (Å²) in [6.07, 6.45) is 1.66. The first-order valence-corrected chi connectivity index (χ1v) is 8.50. The molecule has 2 aromatic carbocycles. The number of nitrogens with one attached hydrogen (secondary N) is 1. The van der Waals surface area contributed by atoms with E-state index in [-0.39, 0.29) is 5.78 Å². The molecule has 3 aromatic rings. The summed E-state index contributed by atoms with van der Waals surface area (Å²) in [5, 5.41) is 1.35. The van der Waals surface area contributed by atoms with Crippen molar-refractivity contribution >= 4 is 44.2 Å². The number of carbonyl (C=O) groups excluding carboxylic acids is 1. The predicted octanol–water partition coefficient (Wildman–Crippen LogP) is 5.60. The molecule has 0 saturated carbocycles. The molecule has 124 valence electrons. The number of methoxy groups -OCH3 is 1. The first-order valence-electron chi connectivity index (χ1n) is 7.21. The van der Waals surface area contributed by atoms with Crippen LogP contribution in [-0.4, -0.2) is 17.9 Å². The number of Topliss-reactive ketones (excluding diaryl/α,β-unsaturated/α-hetero) is 1. The zero-order valence-electron chi connectivity index (χ0n) is 13.0. The summed E-state index contributed by atoms with van der Waals surface area (Å²) < 4.78 is 18.5. The number of alkyl halides is 1. The average Bonchev–Trinajstić information content (AvgIpc) is 2.96. The number of hydrogen-bond donors (Lipinski definition) is 1. The third kappa shape index (κ3) is 2.94. The van der Waals surface area contributed by atoms with Crippen molar-refractivity contribution in [2.45, 2.75) is 11.8 Å². The Bertz CT molecular complexity index is 938. The Morgan fingerprint density at radius 1 is 1.33 bits per heavy atom. The van der Waals surface area contributed by atoms with E-state index in [1.807, 2.05) is 13.0 Å². The summed E-state index contributed by atoms with van der Waals surface area (Å²) in [5.74, 6) is -0.262. The number of aromatic amines is 1. The molecule has 0 aliphatic carbocycles. The highest BCUT2D eigenvalue weighted by atomic mass is 79.9. The van der Waals surface area contributed by atoms with E-state index in [2.05, 4.69) is 20.9 Å². The minimum atomic E-state index is -0.660. The molecule has 1 heterocycles. The standard InChI is InChI=1S/C18H14BrClFNO2/c1-9-5-15-12(7-14(9)20)13(8-22-15)18(23)17(19)11-4-3-10(21)6-16(11)24-2/h3-8,17,22H,1-2H3. The Morgan fingerprint density at radius 3 is 2.79 bits per heavy atom. The third-order valence-corrected chi connectivity index (χ3v) is 5.24. The van der Waals surface area contributed by atoms with Gasteiger partial charge in [-0.05, 0) is 30.7 Å². The van der Waals surface area contributed by atoms with Gasteiger partial charge in [-0.15, -0.1) is 0 Å². The molecule has 0 spiro atoms. The first-order chi connectivity index (χ1) is 11.4. The summed E-state index contributed by atoms with van der Waals surface area (Å²) in [6, 6.07) is 7.77. The SMILES string of the molecule is COc1cc(F)ccc1C(Br)C(=O)c1c[nH]c2cc(C)c(Cl)cc12. The second-order valence-corrected chi connectivity index (χ2v) is 6.79. The smallest absolute Gasteiger partial charge is 0.183 e. The number of ether oxygens (including phenoxy) is 1. The van der Waals surface area contributed by atoms with Gasteiger partial charge < -0.3 is 9.72 Å². The molecule has 1 atom stereocenters. The Balaban J connectivity index is 2.04. The molecular weight excluding hydrogens is 397 g/mol. The minimum Gasteiger partial charge on any atom is -0.496 e. The molecule has 3 rings (SSSR count). The van der Waals surface area contributed by atoms with E-state index >= 15 is 0 Å². The maximum absolute atomic E-state index is 13.4. The van der Waals surface area contributed by atoms with Gasteiger partial charge >= 0.3 is 0 Å². The summed E-state index contributed by atoms with van der Waals surface area (Å²) in [5.41, 5.74) is 2.85. The number of fused-ring (bicyclic) bond motifs is 1. The Hall–Kier alpha value is -1.85. The van der Waals surface area contributed by atoms with Gasteiger partial charge in [-0.3, -0.25) is 4.79 Å². The molecule has 0 saturated heterocycles. The molecule has 0 fully saturated rings. The lowest BCUT2D eigenvalue weighted by Crippen LogP contribution is -2.08. The highest BCUT2D eigenvalue weighted by Crippen LogP contribution is 2.36. The molecular formula is C18H14BrClFNO2. The second-order valence-electron chi connectivity index (χ2n) is 5.46. The predicted molar refractivity (Wildman–Crippen MR) is 97.0 cm³/mol. The maximum Gasteiger partial charge on any atom is 0.183 e. The van der Waals surface area contributed by atoms with Gasteiger partial charge in [-0.25, -0.2) is 4.39 Å². The van der Waals surface area contributed by atoms with Crippen molar-refractivity contribution < 1.29 is 13.9 Å². The van der Waals surface area contributed by atoms with Crippen molar-refractivity contribution in [1.29, 1.82) is 0 Å². The summed E-state index contributed by atoms with van der Waals surface area (Å²) >= 11 is 9.59. The van der Waals surface area contributed by atoms with Gasteiger partial charge in [0.15, 0.2) is 5.78 Å². The van der Waals surface area contributed by atoms with E-state index in [0.717, 1.165) is 16.5 Å². The summed E-state index contributed by atoms with van der Waals surface area (Å²) in [7, 11) is 1.44. The number of halogens is 3. The second kappa shape index (κ2) is 6.57. The molecule has 3 nitrogen and oxygen atoms in total. The van der Waals surface area contributed by atoms with Crippen molar-refractivity contribution in [3.05, 3.63) is 64.1 Å². The Kier molecular flexibility index (Phi) is 4.65. The van der Waals surface area contributed by atoms with Crippen molar-refractivity contribution in [1.82, 2.24) is 4.98 Å². The normalized spacial score (nSPS) is 12.4. The van der Waals surface area contributed by atoms with Crippen LogP contribution in [0.2, 0.25) is 5.02 Å². The van der Waals surface area contributed by atoms with Gasteiger partial charge in [0.05, 0.1) is 7.11 Å². The summed E-state index contributed by atoms with van der Waals surface area (Å²) in [6.45, 7) is 1.90. The third-order valence-electron chi connectivity index (χ3n) is 3.93. The zero-order chi connectivity index (χ0) is 17.4. The minimum absolute atomic E-state index is 0.161. The van der Waals surface area contributed by atoms with Crippen molar-refractivity contribution in [3.63, 3.8) is 0 Å². The fourth-order valence-electron chi connectivity index (χ4n) is 2.63. The quantitative estimate of drug-likeness (QED) is 0.449. The van der Waals surface area contributed by atoms with E-state index in [0.29, 0.717) is 21.9 Å². The van der Waals surface area contributed by atoms with E-state index in [1.165, 1.54) is 25.3 Å². The van der Waals surface area contributed by atoms with Crippen LogP contribution < -0.4 is 4.74 Å². The Morgan fingerprint density at radius 2 is 2.08 bits per heavy atom. The number of rotatable bonds is 4. The lowest BCUT2D eigenvalue weighted by Gasteiger charge is -2.13. The lowest BCUT2D eigenvalue weighted by molar-refractivity contribution is 0.0992. The number of aromatic nitrogens is 1. The van der Waals surface area contributed by atoms with Crippen LogP contribution in [0.25, 0.3) is 10.9 Å².